The quantitative estimate of drug-likeness (QED) is 0.884. The van der Waals surface area contributed by atoms with E-state index in [0.717, 1.165) is 24.9 Å². The highest BCUT2D eigenvalue weighted by atomic mass is 35.5. The molecular weight excluding hydrogens is 319 g/mol. The highest BCUT2D eigenvalue weighted by Gasteiger charge is 2.36. The molecule has 0 saturated carbocycles. The van der Waals surface area contributed by atoms with Gasteiger partial charge in [-0.15, -0.1) is 12.4 Å². The lowest BCUT2D eigenvalue weighted by Crippen LogP contribution is -2.50. The second-order valence-corrected chi connectivity index (χ2v) is 6.25. The number of nitrogens with one attached hydrogen (secondary N) is 2. The number of amides is 1. The Balaban J connectivity index is 0.00000192. The van der Waals surface area contributed by atoms with Crippen molar-refractivity contribution in [1.29, 1.82) is 0 Å². The number of rotatable bonds is 4. The van der Waals surface area contributed by atoms with E-state index in [1.807, 2.05) is 6.07 Å². The summed E-state index contributed by atoms with van der Waals surface area (Å²) in [6.07, 6.45) is 4.02. The van der Waals surface area contributed by atoms with E-state index in [2.05, 4.69) is 10.6 Å². The Kier molecular flexibility index (Phi) is 6.39. The van der Waals surface area contributed by atoms with Crippen LogP contribution in [0.15, 0.2) is 24.3 Å². The first-order valence-corrected chi connectivity index (χ1v) is 8.06. The van der Waals surface area contributed by atoms with Gasteiger partial charge in [-0.2, -0.15) is 0 Å². The standard InChI is InChI=1S/C17H23FN2O2.ClH/c18-14-4-1-3-13(11-14)17(6-9-22-10-7-17)20-16(21)12-15-5-2-8-19-15;/h1,3-4,11,15,19H,2,5-10,12H2,(H,20,21);1H. The van der Waals surface area contributed by atoms with Crippen molar-refractivity contribution in [3.8, 4) is 0 Å². The summed E-state index contributed by atoms with van der Waals surface area (Å²) in [6, 6.07) is 6.82. The molecule has 0 aromatic heterocycles. The van der Waals surface area contributed by atoms with Gasteiger partial charge in [0.25, 0.3) is 0 Å². The van der Waals surface area contributed by atoms with E-state index in [1.54, 1.807) is 6.07 Å². The third-order valence-electron chi connectivity index (χ3n) is 4.70. The van der Waals surface area contributed by atoms with Crippen molar-refractivity contribution in [2.45, 2.75) is 43.7 Å². The molecule has 0 spiro atoms. The second kappa shape index (κ2) is 8.08. The molecule has 2 saturated heterocycles. The van der Waals surface area contributed by atoms with Crippen LogP contribution in [0.1, 0.15) is 37.7 Å². The van der Waals surface area contributed by atoms with E-state index in [0.29, 0.717) is 32.5 Å². The van der Waals surface area contributed by atoms with E-state index in [-0.39, 0.29) is 30.2 Å². The van der Waals surface area contributed by atoms with Crippen molar-refractivity contribution in [3.05, 3.63) is 35.6 Å². The second-order valence-electron chi connectivity index (χ2n) is 6.25. The van der Waals surface area contributed by atoms with Crippen molar-refractivity contribution in [1.82, 2.24) is 10.6 Å². The van der Waals surface area contributed by atoms with E-state index >= 15 is 0 Å². The van der Waals surface area contributed by atoms with Gasteiger partial charge < -0.3 is 15.4 Å². The Morgan fingerprint density at radius 2 is 2.17 bits per heavy atom. The maximum atomic E-state index is 13.6. The molecule has 1 aromatic rings. The molecule has 2 aliphatic rings. The normalized spacial score (nSPS) is 23.1. The molecule has 6 heteroatoms. The van der Waals surface area contributed by atoms with Gasteiger partial charge in [0.05, 0.1) is 5.54 Å². The summed E-state index contributed by atoms with van der Waals surface area (Å²) in [7, 11) is 0. The predicted octanol–water partition coefficient (Wildman–Crippen LogP) is 2.51. The minimum absolute atomic E-state index is 0. The summed E-state index contributed by atoms with van der Waals surface area (Å²) in [5, 5.41) is 6.52. The zero-order chi connectivity index (χ0) is 15.4. The van der Waals surface area contributed by atoms with Crippen LogP contribution in [0.2, 0.25) is 0 Å². The largest absolute Gasteiger partial charge is 0.381 e. The highest BCUT2D eigenvalue weighted by Crippen LogP contribution is 2.32. The first-order valence-electron chi connectivity index (χ1n) is 8.06. The maximum absolute atomic E-state index is 13.6. The Bertz CT molecular complexity index is 529. The molecule has 1 aromatic carbocycles. The van der Waals surface area contributed by atoms with Crippen molar-refractivity contribution >= 4 is 18.3 Å². The van der Waals surface area contributed by atoms with Gasteiger partial charge in [0.15, 0.2) is 0 Å². The molecule has 1 atom stereocenters. The van der Waals surface area contributed by atoms with Crippen LogP contribution < -0.4 is 10.6 Å². The first-order chi connectivity index (χ1) is 10.7. The molecular formula is C17H24ClFN2O2. The van der Waals surface area contributed by atoms with Gasteiger partial charge in [0.2, 0.25) is 5.91 Å². The molecule has 128 valence electrons. The highest BCUT2D eigenvalue weighted by molar-refractivity contribution is 5.85. The SMILES string of the molecule is Cl.O=C(CC1CCCN1)NC1(c2cccc(F)c2)CCOCC1. The van der Waals surface area contributed by atoms with Crippen LogP contribution in [0.4, 0.5) is 4.39 Å². The lowest BCUT2D eigenvalue weighted by Gasteiger charge is -2.39. The van der Waals surface area contributed by atoms with Crippen LogP contribution >= 0.6 is 12.4 Å². The zero-order valence-corrected chi connectivity index (χ0v) is 14.0. The van der Waals surface area contributed by atoms with Crippen molar-refractivity contribution in [2.24, 2.45) is 0 Å². The lowest BCUT2D eigenvalue weighted by molar-refractivity contribution is -0.125. The van der Waals surface area contributed by atoms with Gasteiger partial charge in [0, 0.05) is 25.7 Å². The molecule has 23 heavy (non-hydrogen) atoms. The fourth-order valence-electron chi connectivity index (χ4n) is 3.46. The number of ether oxygens (including phenoxy) is 1. The summed E-state index contributed by atoms with van der Waals surface area (Å²) < 4.78 is 19.0. The third kappa shape index (κ3) is 4.43. The first kappa shape index (κ1) is 18.2. The molecule has 1 amide bonds. The number of halogens is 2. The van der Waals surface area contributed by atoms with Crippen LogP contribution in [0, 0.1) is 5.82 Å². The summed E-state index contributed by atoms with van der Waals surface area (Å²) >= 11 is 0. The van der Waals surface area contributed by atoms with E-state index in [4.69, 9.17) is 4.74 Å². The van der Waals surface area contributed by atoms with E-state index in [9.17, 15) is 9.18 Å². The van der Waals surface area contributed by atoms with Crippen LogP contribution in [0.3, 0.4) is 0 Å². The molecule has 0 aliphatic carbocycles. The minimum Gasteiger partial charge on any atom is -0.381 e. The Morgan fingerprint density at radius 1 is 1.39 bits per heavy atom. The topological polar surface area (TPSA) is 50.4 Å². The van der Waals surface area contributed by atoms with Crippen molar-refractivity contribution < 1.29 is 13.9 Å². The number of carbonyl (C=O) groups excluding carboxylic acids is 1. The summed E-state index contributed by atoms with van der Waals surface area (Å²) in [4.78, 5) is 12.4. The van der Waals surface area contributed by atoms with Crippen LogP contribution in [-0.4, -0.2) is 31.7 Å². The monoisotopic (exact) mass is 342 g/mol. The Morgan fingerprint density at radius 3 is 2.83 bits per heavy atom. The summed E-state index contributed by atoms with van der Waals surface area (Å²) in [5.41, 5.74) is 0.333. The summed E-state index contributed by atoms with van der Waals surface area (Å²) in [6.45, 7) is 2.15. The average molecular weight is 343 g/mol. The maximum Gasteiger partial charge on any atom is 0.222 e. The molecule has 3 rings (SSSR count). The van der Waals surface area contributed by atoms with Crippen LogP contribution in [0.5, 0.6) is 0 Å². The lowest BCUT2D eigenvalue weighted by atomic mass is 9.82. The average Bonchev–Trinajstić information content (AvgIpc) is 3.01. The summed E-state index contributed by atoms with van der Waals surface area (Å²) in [5.74, 6) is -0.236. The fourth-order valence-corrected chi connectivity index (χ4v) is 3.46. The molecule has 0 bridgehead atoms. The van der Waals surface area contributed by atoms with Crippen LogP contribution in [0.25, 0.3) is 0 Å². The van der Waals surface area contributed by atoms with Crippen LogP contribution in [-0.2, 0) is 15.1 Å². The number of carbonyl (C=O) groups is 1. The number of benzene rings is 1. The van der Waals surface area contributed by atoms with Gasteiger partial charge in [0.1, 0.15) is 5.82 Å². The molecule has 2 N–H and O–H groups in total. The van der Waals surface area contributed by atoms with Gasteiger partial charge in [-0.05, 0) is 49.9 Å². The van der Waals surface area contributed by atoms with E-state index < -0.39 is 5.54 Å². The Hall–Kier alpha value is -1.17. The predicted molar refractivity (Wildman–Crippen MR) is 89.2 cm³/mol. The molecule has 4 nitrogen and oxygen atoms in total. The van der Waals surface area contributed by atoms with Gasteiger partial charge in [-0.3, -0.25) is 4.79 Å². The third-order valence-corrected chi connectivity index (χ3v) is 4.70. The molecule has 2 fully saturated rings. The van der Waals surface area contributed by atoms with Crippen molar-refractivity contribution in [3.63, 3.8) is 0 Å². The molecule has 0 radical (unpaired) electrons. The molecule has 2 heterocycles. The van der Waals surface area contributed by atoms with Gasteiger partial charge in [-0.25, -0.2) is 4.39 Å². The minimum atomic E-state index is -0.504. The zero-order valence-electron chi connectivity index (χ0n) is 13.1. The number of hydrogen-bond donors (Lipinski definition) is 2. The number of hydrogen-bond acceptors (Lipinski definition) is 3. The molecule has 1 unspecified atom stereocenters. The molecule has 2 aliphatic heterocycles. The van der Waals surface area contributed by atoms with Crippen molar-refractivity contribution in [2.75, 3.05) is 19.8 Å². The van der Waals surface area contributed by atoms with Gasteiger partial charge in [-0.1, -0.05) is 12.1 Å². The van der Waals surface area contributed by atoms with Gasteiger partial charge >= 0.3 is 0 Å². The fraction of sp³-hybridized carbons (Fsp3) is 0.588. The van der Waals surface area contributed by atoms with E-state index in [1.165, 1.54) is 12.1 Å². The Labute approximate surface area is 142 Å². The smallest absolute Gasteiger partial charge is 0.222 e.